The molecule has 0 radical (unpaired) electrons. The van der Waals surface area contributed by atoms with E-state index in [0.717, 1.165) is 13.1 Å². The summed E-state index contributed by atoms with van der Waals surface area (Å²) in [7, 11) is -2.03. The molecule has 0 spiro atoms. The van der Waals surface area contributed by atoms with E-state index in [4.69, 9.17) is 9.84 Å². The van der Waals surface area contributed by atoms with Crippen molar-refractivity contribution in [2.45, 2.75) is 11.3 Å². The minimum absolute atomic E-state index is 0.120. The number of rotatable bonds is 11. The lowest BCUT2D eigenvalue weighted by Gasteiger charge is -2.35. The number of sulfonamides is 1. The van der Waals surface area contributed by atoms with E-state index < -0.39 is 10.0 Å². The highest BCUT2D eigenvalue weighted by atomic mass is 32.2. The normalized spacial score (nSPS) is 14.8. The highest BCUT2D eigenvalue weighted by Crippen LogP contribution is 2.22. The zero-order chi connectivity index (χ0) is 23.7. The van der Waals surface area contributed by atoms with Crippen LogP contribution in [0.5, 0.6) is 0 Å². The molecule has 1 aliphatic rings. The van der Waals surface area contributed by atoms with Crippen LogP contribution in [0.4, 0.5) is 17.5 Å². The third-order valence-corrected chi connectivity index (χ3v) is 6.69. The van der Waals surface area contributed by atoms with Gasteiger partial charge in [-0.25, -0.2) is 18.1 Å². The molecule has 12 heteroatoms. The van der Waals surface area contributed by atoms with Crippen LogP contribution in [0.3, 0.4) is 0 Å². The van der Waals surface area contributed by atoms with Gasteiger partial charge in [-0.1, -0.05) is 0 Å². The summed E-state index contributed by atoms with van der Waals surface area (Å²) in [5.41, 5.74) is 1.01. The summed E-state index contributed by atoms with van der Waals surface area (Å²) in [6.45, 7) is 4.45. The molecule has 3 N–H and O–H groups in total. The maximum atomic E-state index is 12.4. The summed E-state index contributed by atoms with van der Waals surface area (Å²) in [6, 6.07) is 8.43. The smallest absolute Gasteiger partial charge is 0.240 e. The molecule has 3 rings (SSSR count). The minimum atomic E-state index is -3.60. The molecule has 1 saturated heterocycles. The number of aliphatic hydroxyl groups excluding tert-OH is 1. The molecule has 33 heavy (non-hydrogen) atoms. The van der Waals surface area contributed by atoms with Gasteiger partial charge in [0.1, 0.15) is 11.6 Å². The number of piperazine rings is 1. The average Bonchev–Trinajstić information content (AvgIpc) is 2.83. The number of benzene rings is 1. The van der Waals surface area contributed by atoms with Gasteiger partial charge in [0.05, 0.1) is 17.7 Å². The Kier molecular flexibility index (Phi) is 8.93. The first-order chi connectivity index (χ1) is 16.0. The summed E-state index contributed by atoms with van der Waals surface area (Å²) in [6.07, 6.45) is 2.07. The molecule has 0 aliphatic carbocycles. The number of nitrogens with one attached hydrogen (secondary N) is 2. The van der Waals surface area contributed by atoms with Gasteiger partial charge >= 0.3 is 0 Å². The van der Waals surface area contributed by atoms with Gasteiger partial charge in [0.15, 0.2) is 5.82 Å². The van der Waals surface area contributed by atoms with Crippen LogP contribution >= 0.6 is 0 Å². The lowest BCUT2D eigenvalue weighted by atomic mass is 10.2. The second kappa shape index (κ2) is 11.9. The first-order valence-corrected chi connectivity index (χ1v) is 12.2. The average molecular weight is 476 g/mol. The maximum absolute atomic E-state index is 12.4. The van der Waals surface area contributed by atoms with Crippen molar-refractivity contribution in [2.75, 3.05) is 69.8 Å². The van der Waals surface area contributed by atoms with Gasteiger partial charge in [0, 0.05) is 58.7 Å². The van der Waals surface area contributed by atoms with E-state index in [1.54, 1.807) is 19.2 Å². The van der Waals surface area contributed by atoms with Crippen molar-refractivity contribution in [3.05, 3.63) is 36.0 Å². The number of aromatic nitrogens is 2. The Morgan fingerprint density at radius 1 is 1.21 bits per heavy atom. The van der Waals surface area contributed by atoms with E-state index in [-0.39, 0.29) is 11.5 Å². The minimum Gasteiger partial charge on any atom is -0.395 e. The topological polar surface area (TPSA) is 144 Å². The highest BCUT2D eigenvalue weighted by molar-refractivity contribution is 7.89. The Balaban J connectivity index is 1.67. The fourth-order valence-corrected chi connectivity index (χ4v) is 4.50. The van der Waals surface area contributed by atoms with Gasteiger partial charge in [-0.2, -0.15) is 10.2 Å². The van der Waals surface area contributed by atoms with E-state index in [2.05, 4.69) is 31.0 Å². The molecule has 1 aromatic heterocycles. The van der Waals surface area contributed by atoms with Crippen molar-refractivity contribution in [2.24, 2.45) is 0 Å². The molecule has 2 heterocycles. The predicted molar refractivity (Wildman–Crippen MR) is 124 cm³/mol. The molecule has 1 aliphatic heterocycles. The summed E-state index contributed by atoms with van der Waals surface area (Å²) >= 11 is 0. The highest BCUT2D eigenvalue weighted by Gasteiger charge is 2.21. The van der Waals surface area contributed by atoms with Gasteiger partial charge in [0.25, 0.3) is 0 Å². The van der Waals surface area contributed by atoms with Crippen molar-refractivity contribution < 1.29 is 18.3 Å². The molecule has 0 bridgehead atoms. The lowest BCUT2D eigenvalue weighted by molar-refractivity contribution is 0.188. The summed E-state index contributed by atoms with van der Waals surface area (Å²) in [4.78, 5) is 13.1. The standard InChI is InChI=1S/C21H29N7O4S/c1-32-14-2-7-24-33(30,31)19-5-3-18(4-6-19)25-21-23-16-17(15-22)20(26-21)28-10-8-27(9-11-28)12-13-29/h3-6,16,24,29H,2,7-14H2,1H3,(H,23,25,26). The molecule has 0 unspecified atom stereocenters. The number of ether oxygens (including phenoxy) is 1. The van der Waals surface area contributed by atoms with Crippen molar-refractivity contribution in [1.82, 2.24) is 19.6 Å². The van der Waals surface area contributed by atoms with Crippen LogP contribution in [-0.2, 0) is 14.8 Å². The Bertz CT molecular complexity index is 1050. The Labute approximate surface area is 194 Å². The van der Waals surface area contributed by atoms with Crippen molar-refractivity contribution >= 4 is 27.5 Å². The van der Waals surface area contributed by atoms with Gasteiger partial charge < -0.3 is 20.1 Å². The molecular formula is C21H29N7O4S. The van der Waals surface area contributed by atoms with Gasteiger partial charge in [-0.05, 0) is 30.7 Å². The van der Waals surface area contributed by atoms with Gasteiger partial charge in [-0.3, -0.25) is 4.90 Å². The Morgan fingerprint density at radius 2 is 1.94 bits per heavy atom. The number of aliphatic hydroxyl groups is 1. The number of β-amino-alcohol motifs (C(OH)–C–C–N with tert-alkyl or cyclic N) is 1. The third kappa shape index (κ3) is 6.83. The molecule has 2 aromatic rings. The number of anilines is 3. The number of methoxy groups -OCH3 is 1. The van der Waals surface area contributed by atoms with Crippen LogP contribution < -0.4 is 14.9 Å². The van der Waals surface area contributed by atoms with E-state index in [1.165, 1.54) is 18.3 Å². The zero-order valence-electron chi connectivity index (χ0n) is 18.6. The third-order valence-electron chi connectivity index (χ3n) is 5.22. The summed E-state index contributed by atoms with van der Waals surface area (Å²) in [5.74, 6) is 0.869. The second-order valence-corrected chi connectivity index (χ2v) is 9.26. The largest absolute Gasteiger partial charge is 0.395 e. The van der Waals surface area contributed by atoms with Crippen LogP contribution in [0, 0.1) is 11.3 Å². The van der Waals surface area contributed by atoms with Gasteiger partial charge in [-0.15, -0.1) is 0 Å². The number of nitriles is 1. The predicted octanol–water partition coefficient (Wildman–Crippen LogP) is 0.521. The van der Waals surface area contributed by atoms with Crippen molar-refractivity contribution in [3.63, 3.8) is 0 Å². The van der Waals surface area contributed by atoms with Crippen molar-refractivity contribution in [3.8, 4) is 6.07 Å². The molecular weight excluding hydrogens is 446 g/mol. The summed E-state index contributed by atoms with van der Waals surface area (Å²) in [5, 5.41) is 21.7. The van der Waals surface area contributed by atoms with Crippen LogP contribution in [0.2, 0.25) is 0 Å². The molecule has 0 saturated carbocycles. The second-order valence-electron chi connectivity index (χ2n) is 7.49. The first-order valence-electron chi connectivity index (χ1n) is 10.7. The fourth-order valence-electron chi connectivity index (χ4n) is 3.43. The molecule has 0 amide bonds. The van der Waals surface area contributed by atoms with Crippen LogP contribution in [0.25, 0.3) is 0 Å². The number of hydrogen-bond acceptors (Lipinski definition) is 10. The van der Waals surface area contributed by atoms with Crippen LogP contribution in [0.15, 0.2) is 35.4 Å². The number of nitrogens with zero attached hydrogens (tertiary/aromatic N) is 5. The molecule has 178 valence electrons. The molecule has 1 fully saturated rings. The monoisotopic (exact) mass is 475 g/mol. The van der Waals surface area contributed by atoms with Gasteiger partial charge in [0.2, 0.25) is 16.0 Å². The summed E-state index contributed by atoms with van der Waals surface area (Å²) < 4.78 is 32.2. The molecule has 11 nitrogen and oxygen atoms in total. The lowest BCUT2D eigenvalue weighted by Crippen LogP contribution is -2.47. The van der Waals surface area contributed by atoms with Crippen LogP contribution in [0.1, 0.15) is 12.0 Å². The van der Waals surface area contributed by atoms with E-state index in [0.29, 0.717) is 62.2 Å². The molecule has 1 aromatic carbocycles. The van der Waals surface area contributed by atoms with Crippen LogP contribution in [-0.4, -0.2) is 88.0 Å². The number of hydrogen-bond donors (Lipinski definition) is 3. The Morgan fingerprint density at radius 3 is 2.58 bits per heavy atom. The SMILES string of the molecule is COCCCNS(=O)(=O)c1ccc(Nc2ncc(C#N)c(N3CCN(CCO)CC3)n2)cc1. The zero-order valence-corrected chi connectivity index (χ0v) is 19.4. The quantitative estimate of drug-likeness (QED) is 0.393. The van der Waals surface area contributed by atoms with E-state index in [1.807, 2.05) is 4.90 Å². The van der Waals surface area contributed by atoms with E-state index >= 15 is 0 Å². The molecule has 0 atom stereocenters. The van der Waals surface area contributed by atoms with E-state index in [9.17, 15) is 13.7 Å². The Hall–Kier alpha value is -2.82. The maximum Gasteiger partial charge on any atom is 0.240 e. The van der Waals surface area contributed by atoms with Crippen molar-refractivity contribution in [1.29, 1.82) is 5.26 Å². The first kappa shape index (κ1) is 24.8. The fraction of sp³-hybridized carbons (Fsp3) is 0.476.